The third-order valence-corrected chi connectivity index (χ3v) is 3.71. The number of carboxylic acid groups (broad SMARTS) is 1. The van der Waals surface area contributed by atoms with Crippen molar-refractivity contribution in [1.82, 2.24) is 9.88 Å². The first-order chi connectivity index (χ1) is 13.1. The maximum Gasteiger partial charge on any atom is 0.417 e. The Bertz CT molecular complexity index is 831. The predicted octanol–water partition coefficient (Wildman–Crippen LogP) is 2.84. The third-order valence-electron chi connectivity index (χ3n) is 3.71. The highest BCUT2D eigenvalue weighted by Crippen LogP contribution is 2.28. The van der Waals surface area contributed by atoms with Crippen molar-refractivity contribution < 1.29 is 37.3 Å². The zero-order valence-electron chi connectivity index (χ0n) is 15.0. The number of benzene rings is 1. The van der Waals surface area contributed by atoms with Gasteiger partial charge in [-0.2, -0.15) is 13.2 Å². The fourth-order valence-electron chi connectivity index (χ4n) is 2.39. The molecular weight excluding hydrogens is 381 g/mol. The first-order valence-electron chi connectivity index (χ1n) is 7.90. The highest BCUT2D eigenvalue weighted by atomic mass is 19.4. The summed E-state index contributed by atoms with van der Waals surface area (Å²) in [5, 5.41) is 9.10. The van der Waals surface area contributed by atoms with Gasteiger partial charge in [0.1, 0.15) is 23.7 Å². The normalized spacial score (nSPS) is 11.0. The van der Waals surface area contributed by atoms with E-state index in [9.17, 15) is 22.8 Å². The van der Waals surface area contributed by atoms with E-state index in [0.29, 0.717) is 29.3 Å². The fraction of sp³-hybridized carbons (Fsp3) is 0.278. The Labute approximate surface area is 158 Å². The number of aromatic nitrogens is 1. The van der Waals surface area contributed by atoms with Crippen LogP contribution in [-0.4, -0.2) is 47.6 Å². The van der Waals surface area contributed by atoms with Crippen molar-refractivity contribution in [1.29, 1.82) is 0 Å². The lowest BCUT2D eigenvalue weighted by atomic mass is 10.1. The van der Waals surface area contributed by atoms with Gasteiger partial charge in [0.05, 0.1) is 19.8 Å². The number of rotatable bonds is 7. The van der Waals surface area contributed by atoms with Crippen molar-refractivity contribution >= 4 is 11.9 Å². The Morgan fingerprint density at radius 2 is 1.71 bits per heavy atom. The highest BCUT2D eigenvalue weighted by molar-refractivity contribution is 5.94. The minimum Gasteiger partial charge on any atom is -0.497 e. The Morgan fingerprint density at radius 3 is 2.14 bits per heavy atom. The molecule has 0 aliphatic rings. The lowest BCUT2D eigenvalue weighted by Gasteiger charge is -2.21. The number of hydrogen-bond donors (Lipinski definition) is 1. The van der Waals surface area contributed by atoms with E-state index in [1.165, 1.54) is 14.2 Å². The van der Waals surface area contributed by atoms with Gasteiger partial charge in [-0.15, -0.1) is 0 Å². The molecule has 150 valence electrons. The summed E-state index contributed by atoms with van der Waals surface area (Å²) >= 11 is 0. The van der Waals surface area contributed by atoms with Crippen molar-refractivity contribution in [3.05, 3.63) is 53.3 Å². The first-order valence-corrected chi connectivity index (χ1v) is 7.90. The van der Waals surface area contributed by atoms with Crippen LogP contribution in [0, 0.1) is 0 Å². The molecular formula is C18H17F3N2O5. The smallest absolute Gasteiger partial charge is 0.417 e. The van der Waals surface area contributed by atoms with Crippen molar-refractivity contribution in [2.24, 2.45) is 0 Å². The van der Waals surface area contributed by atoms with Crippen LogP contribution in [-0.2, 0) is 17.5 Å². The molecule has 0 spiro atoms. The van der Waals surface area contributed by atoms with Gasteiger partial charge in [-0.05, 0) is 29.8 Å². The SMILES string of the molecule is COc1cc(CN(CC(=O)O)C(=O)c2ccc(C(F)(F)F)cn2)cc(OC)c1. The minimum absolute atomic E-state index is 0.138. The van der Waals surface area contributed by atoms with E-state index < -0.39 is 30.2 Å². The summed E-state index contributed by atoms with van der Waals surface area (Å²) in [4.78, 5) is 28.2. The molecule has 28 heavy (non-hydrogen) atoms. The molecule has 0 radical (unpaired) electrons. The first kappa shape index (κ1) is 21.0. The van der Waals surface area contributed by atoms with Crippen LogP contribution in [0.25, 0.3) is 0 Å². The van der Waals surface area contributed by atoms with Crippen molar-refractivity contribution in [3.63, 3.8) is 0 Å². The zero-order chi connectivity index (χ0) is 20.9. The molecule has 0 bridgehead atoms. The summed E-state index contributed by atoms with van der Waals surface area (Å²) in [6.07, 6.45) is -4.06. The summed E-state index contributed by atoms with van der Waals surface area (Å²) < 4.78 is 48.2. The van der Waals surface area contributed by atoms with E-state index in [0.717, 1.165) is 11.0 Å². The van der Waals surface area contributed by atoms with Gasteiger partial charge in [0.25, 0.3) is 5.91 Å². The van der Waals surface area contributed by atoms with Crippen LogP contribution >= 0.6 is 0 Å². The van der Waals surface area contributed by atoms with Gasteiger partial charge in [-0.3, -0.25) is 14.6 Å². The van der Waals surface area contributed by atoms with Crippen molar-refractivity contribution in [3.8, 4) is 11.5 Å². The number of alkyl halides is 3. The summed E-state index contributed by atoms with van der Waals surface area (Å²) in [6, 6.07) is 6.40. The number of carboxylic acids is 1. The Hall–Kier alpha value is -3.30. The molecule has 1 aromatic carbocycles. The molecule has 0 unspecified atom stereocenters. The average molecular weight is 398 g/mol. The number of pyridine rings is 1. The van der Waals surface area contributed by atoms with Crippen LogP contribution in [0.4, 0.5) is 13.2 Å². The van der Waals surface area contributed by atoms with Crippen molar-refractivity contribution in [2.45, 2.75) is 12.7 Å². The van der Waals surface area contributed by atoms with Crippen LogP contribution in [0.3, 0.4) is 0 Å². The standard InChI is InChI=1S/C18H17F3N2O5/c1-27-13-5-11(6-14(7-13)28-2)9-23(10-16(24)25)17(26)15-4-3-12(8-22-15)18(19,20)21/h3-8H,9-10H2,1-2H3,(H,24,25). The molecule has 1 aromatic heterocycles. The number of halogens is 3. The molecule has 2 aromatic rings. The van der Waals surface area contributed by atoms with Crippen LogP contribution in [0.1, 0.15) is 21.6 Å². The molecule has 0 atom stereocenters. The minimum atomic E-state index is -4.59. The number of aliphatic carboxylic acids is 1. The highest BCUT2D eigenvalue weighted by Gasteiger charge is 2.31. The van der Waals surface area contributed by atoms with Gasteiger partial charge in [0.15, 0.2) is 0 Å². The summed E-state index contributed by atoms with van der Waals surface area (Å²) in [6.45, 7) is -0.803. The van der Waals surface area contributed by atoms with Crippen LogP contribution in [0.15, 0.2) is 36.5 Å². The van der Waals surface area contributed by atoms with E-state index in [1.54, 1.807) is 18.2 Å². The van der Waals surface area contributed by atoms with Crippen molar-refractivity contribution in [2.75, 3.05) is 20.8 Å². The predicted molar refractivity (Wildman–Crippen MR) is 91.2 cm³/mol. The molecule has 1 N–H and O–H groups in total. The number of carbonyl (C=O) groups excluding carboxylic acids is 1. The van der Waals surface area contributed by atoms with Gasteiger partial charge in [-0.1, -0.05) is 0 Å². The van der Waals surface area contributed by atoms with Crippen LogP contribution in [0.5, 0.6) is 11.5 Å². The summed E-state index contributed by atoms with van der Waals surface area (Å²) in [7, 11) is 2.87. The van der Waals surface area contributed by atoms with Gasteiger partial charge in [-0.25, -0.2) is 0 Å². The lowest BCUT2D eigenvalue weighted by Crippen LogP contribution is -2.35. The monoisotopic (exact) mass is 398 g/mol. The molecule has 10 heteroatoms. The zero-order valence-corrected chi connectivity index (χ0v) is 15.0. The molecule has 0 saturated carbocycles. The number of nitrogens with zero attached hydrogens (tertiary/aromatic N) is 2. The van der Waals surface area contributed by atoms with E-state index in [-0.39, 0.29) is 12.2 Å². The second-order valence-corrected chi connectivity index (χ2v) is 5.71. The van der Waals surface area contributed by atoms with E-state index in [4.69, 9.17) is 14.6 Å². The molecule has 0 saturated heterocycles. The number of amides is 1. The average Bonchev–Trinajstić information content (AvgIpc) is 2.65. The summed E-state index contributed by atoms with van der Waals surface area (Å²) in [5.74, 6) is -1.23. The maximum atomic E-state index is 12.6. The molecule has 0 aliphatic heterocycles. The van der Waals surface area contributed by atoms with Gasteiger partial charge in [0, 0.05) is 18.8 Å². The molecule has 7 nitrogen and oxygen atoms in total. The lowest BCUT2D eigenvalue weighted by molar-refractivity contribution is -0.138. The second kappa shape index (κ2) is 8.59. The largest absolute Gasteiger partial charge is 0.497 e. The molecule has 1 amide bonds. The Morgan fingerprint density at radius 1 is 1.11 bits per heavy atom. The second-order valence-electron chi connectivity index (χ2n) is 5.71. The summed E-state index contributed by atoms with van der Waals surface area (Å²) in [5.41, 5.74) is -0.798. The topological polar surface area (TPSA) is 89.0 Å². The number of methoxy groups -OCH3 is 2. The van der Waals surface area contributed by atoms with Gasteiger partial charge in [0.2, 0.25) is 0 Å². The molecule has 0 fully saturated rings. The van der Waals surface area contributed by atoms with Gasteiger partial charge >= 0.3 is 12.1 Å². The Balaban J connectivity index is 2.30. The Kier molecular flexibility index (Phi) is 6.45. The number of hydrogen-bond acceptors (Lipinski definition) is 5. The van der Waals surface area contributed by atoms with E-state index >= 15 is 0 Å². The number of carbonyl (C=O) groups is 2. The maximum absolute atomic E-state index is 12.6. The number of ether oxygens (including phenoxy) is 2. The third kappa shape index (κ3) is 5.35. The van der Waals surface area contributed by atoms with E-state index in [1.807, 2.05) is 0 Å². The molecule has 2 rings (SSSR count). The quantitative estimate of drug-likeness (QED) is 0.772. The molecule has 0 aliphatic carbocycles. The van der Waals surface area contributed by atoms with E-state index in [2.05, 4.69) is 4.98 Å². The van der Waals surface area contributed by atoms with Crippen LogP contribution < -0.4 is 9.47 Å². The van der Waals surface area contributed by atoms with Crippen LogP contribution in [0.2, 0.25) is 0 Å². The van der Waals surface area contributed by atoms with Gasteiger partial charge < -0.3 is 19.5 Å². The fourth-order valence-corrected chi connectivity index (χ4v) is 2.39. The molecule has 1 heterocycles.